The van der Waals surface area contributed by atoms with Gasteiger partial charge in [0.25, 0.3) is 11.8 Å². The zero-order valence-corrected chi connectivity index (χ0v) is 19.6. The van der Waals surface area contributed by atoms with Crippen LogP contribution in [-0.4, -0.2) is 36.0 Å². The van der Waals surface area contributed by atoms with Gasteiger partial charge in [0, 0.05) is 23.0 Å². The van der Waals surface area contributed by atoms with Crippen LogP contribution in [0.2, 0.25) is 0 Å². The maximum atomic E-state index is 13.5. The lowest BCUT2D eigenvalue weighted by Gasteiger charge is -2.32. The van der Waals surface area contributed by atoms with Crippen molar-refractivity contribution in [3.05, 3.63) is 76.0 Å². The molecule has 7 nitrogen and oxygen atoms in total. The summed E-state index contributed by atoms with van der Waals surface area (Å²) in [7, 11) is 1.58. The first-order valence-electron chi connectivity index (χ1n) is 11.1. The molecule has 1 aliphatic rings. The number of carbonyl (C=O) groups is 2. The maximum Gasteiger partial charge on any atom is 0.271 e. The molecule has 0 saturated heterocycles. The Morgan fingerprint density at radius 2 is 1.74 bits per heavy atom. The van der Waals surface area contributed by atoms with Crippen molar-refractivity contribution in [2.24, 2.45) is 0 Å². The van der Waals surface area contributed by atoms with Gasteiger partial charge in [-0.1, -0.05) is 31.0 Å². The van der Waals surface area contributed by atoms with Crippen LogP contribution in [0, 0.1) is 5.82 Å². The van der Waals surface area contributed by atoms with Gasteiger partial charge in [-0.3, -0.25) is 9.59 Å². The first kappa shape index (κ1) is 23.7. The highest BCUT2D eigenvalue weighted by Crippen LogP contribution is 2.27. The third-order valence-electron chi connectivity index (χ3n) is 5.69. The lowest BCUT2D eigenvalue weighted by atomic mass is 9.90. The number of ether oxygens (including phenoxy) is 2. The van der Waals surface area contributed by atoms with Gasteiger partial charge in [-0.05, 0) is 43.2 Å². The molecule has 0 aliphatic heterocycles. The van der Waals surface area contributed by atoms with Crippen LogP contribution in [0.5, 0.6) is 11.5 Å². The van der Waals surface area contributed by atoms with Crippen LogP contribution in [0.25, 0.3) is 0 Å². The topological polar surface area (TPSA) is 89.6 Å². The number of para-hydroxylation sites is 2. The first-order valence-corrected chi connectivity index (χ1v) is 12.0. The van der Waals surface area contributed by atoms with E-state index in [9.17, 15) is 14.0 Å². The molecule has 1 heterocycles. The van der Waals surface area contributed by atoms with Crippen molar-refractivity contribution >= 4 is 23.2 Å². The quantitative estimate of drug-likeness (QED) is 0.498. The lowest BCUT2D eigenvalue weighted by Crippen LogP contribution is -2.53. The van der Waals surface area contributed by atoms with E-state index in [2.05, 4.69) is 15.6 Å². The Hall–Kier alpha value is -3.46. The molecule has 9 heteroatoms. The summed E-state index contributed by atoms with van der Waals surface area (Å²) in [5.74, 6) is 0.118. The van der Waals surface area contributed by atoms with E-state index in [0.29, 0.717) is 22.2 Å². The van der Waals surface area contributed by atoms with Crippen molar-refractivity contribution in [3.63, 3.8) is 0 Å². The number of nitrogens with one attached hydrogen (secondary N) is 2. The molecule has 0 bridgehead atoms. The molecule has 178 valence electrons. The molecule has 2 aromatic carbocycles. The highest BCUT2D eigenvalue weighted by Gasteiger charge is 2.29. The molecule has 1 fully saturated rings. The van der Waals surface area contributed by atoms with Gasteiger partial charge in [0.05, 0.1) is 7.11 Å². The molecule has 0 radical (unpaired) electrons. The summed E-state index contributed by atoms with van der Waals surface area (Å²) in [6.07, 6.45) is 3.38. The van der Waals surface area contributed by atoms with E-state index in [1.807, 2.05) is 18.2 Å². The monoisotopic (exact) mass is 483 g/mol. The summed E-state index contributed by atoms with van der Waals surface area (Å²) in [6, 6.07) is 12.4. The standard InChI is InChI=1S/C25H26FN3O4S/c1-32-21-11-4-5-12-22(21)33-14-23-27-20(15-34-23)25(31)29-19-10-3-2-9-18(19)28-24(30)16-7-6-8-17(26)13-16/h4-8,11-13,15,18-19H,2-3,9-10,14H2,1H3,(H,28,30)(H,29,31). The summed E-state index contributed by atoms with van der Waals surface area (Å²) in [5, 5.41) is 8.32. The smallest absolute Gasteiger partial charge is 0.271 e. The molecule has 3 aromatic rings. The van der Waals surface area contributed by atoms with Crippen LogP contribution in [-0.2, 0) is 6.61 Å². The van der Waals surface area contributed by atoms with Gasteiger partial charge in [-0.2, -0.15) is 0 Å². The fraction of sp³-hybridized carbons (Fsp3) is 0.320. The minimum Gasteiger partial charge on any atom is -0.493 e. The predicted octanol–water partition coefficient (Wildman–Crippen LogP) is 4.34. The van der Waals surface area contributed by atoms with E-state index in [1.165, 1.54) is 29.5 Å². The summed E-state index contributed by atoms with van der Waals surface area (Å²) in [5.41, 5.74) is 0.569. The zero-order valence-electron chi connectivity index (χ0n) is 18.8. The number of carbonyl (C=O) groups excluding carboxylic acids is 2. The minimum atomic E-state index is -0.463. The van der Waals surface area contributed by atoms with Crippen molar-refractivity contribution in [3.8, 4) is 11.5 Å². The molecule has 1 aromatic heterocycles. The van der Waals surface area contributed by atoms with E-state index >= 15 is 0 Å². The molecule has 2 N–H and O–H groups in total. The Morgan fingerprint density at radius 1 is 1.03 bits per heavy atom. The average molecular weight is 484 g/mol. The minimum absolute atomic E-state index is 0.216. The van der Waals surface area contributed by atoms with Gasteiger partial charge in [0.1, 0.15) is 23.1 Å². The zero-order chi connectivity index (χ0) is 23.9. The molecule has 2 atom stereocenters. The Kier molecular flexibility index (Phi) is 7.74. The number of rotatable bonds is 8. The Morgan fingerprint density at radius 3 is 2.44 bits per heavy atom. The average Bonchev–Trinajstić information content (AvgIpc) is 3.33. The normalized spacial score (nSPS) is 17.6. The van der Waals surface area contributed by atoms with Gasteiger partial charge in [-0.15, -0.1) is 11.3 Å². The van der Waals surface area contributed by atoms with Crippen molar-refractivity contribution in [1.82, 2.24) is 15.6 Å². The summed E-state index contributed by atoms with van der Waals surface area (Å²) >= 11 is 1.34. The number of nitrogens with zero attached hydrogens (tertiary/aromatic N) is 1. The lowest BCUT2D eigenvalue weighted by molar-refractivity contribution is 0.0860. The fourth-order valence-corrected chi connectivity index (χ4v) is 4.64. The predicted molar refractivity (Wildman–Crippen MR) is 127 cm³/mol. The third-order valence-corrected chi connectivity index (χ3v) is 6.51. The number of methoxy groups -OCH3 is 1. The highest BCUT2D eigenvalue weighted by molar-refractivity contribution is 7.09. The Bertz CT molecular complexity index is 1150. The molecular weight excluding hydrogens is 457 g/mol. The SMILES string of the molecule is COc1ccccc1OCc1nc(C(=O)NC2CCCCC2NC(=O)c2cccc(F)c2)cs1. The molecule has 4 rings (SSSR count). The first-order chi connectivity index (χ1) is 16.5. The van der Waals surface area contributed by atoms with Gasteiger partial charge >= 0.3 is 0 Å². The summed E-state index contributed by atoms with van der Waals surface area (Å²) < 4.78 is 24.5. The van der Waals surface area contributed by atoms with Gasteiger partial charge < -0.3 is 20.1 Å². The van der Waals surface area contributed by atoms with Crippen molar-refractivity contribution in [2.75, 3.05) is 7.11 Å². The number of benzene rings is 2. The number of halogens is 1. The van der Waals surface area contributed by atoms with Crippen LogP contribution < -0.4 is 20.1 Å². The number of aromatic nitrogens is 1. The van der Waals surface area contributed by atoms with E-state index in [-0.39, 0.29) is 36.1 Å². The van der Waals surface area contributed by atoms with Gasteiger partial charge in [-0.25, -0.2) is 9.37 Å². The Balaban J connectivity index is 1.35. The molecule has 0 spiro atoms. The second kappa shape index (κ2) is 11.1. The maximum absolute atomic E-state index is 13.5. The van der Waals surface area contributed by atoms with Crippen LogP contribution in [0.15, 0.2) is 53.9 Å². The van der Waals surface area contributed by atoms with Crippen LogP contribution >= 0.6 is 11.3 Å². The second-order valence-electron chi connectivity index (χ2n) is 8.02. The Labute approximate surface area is 201 Å². The number of hydrogen-bond donors (Lipinski definition) is 2. The third kappa shape index (κ3) is 5.91. The van der Waals surface area contributed by atoms with Crippen molar-refractivity contribution < 1.29 is 23.5 Å². The highest BCUT2D eigenvalue weighted by atomic mass is 32.1. The van der Waals surface area contributed by atoms with Gasteiger partial charge in [0.2, 0.25) is 0 Å². The molecule has 34 heavy (non-hydrogen) atoms. The second-order valence-corrected chi connectivity index (χ2v) is 8.96. The molecule has 2 amide bonds. The van der Waals surface area contributed by atoms with Crippen LogP contribution in [0.4, 0.5) is 4.39 Å². The van der Waals surface area contributed by atoms with E-state index in [1.54, 1.807) is 24.6 Å². The molecule has 1 saturated carbocycles. The van der Waals surface area contributed by atoms with E-state index in [4.69, 9.17) is 9.47 Å². The van der Waals surface area contributed by atoms with Crippen molar-refractivity contribution in [1.29, 1.82) is 0 Å². The number of hydrogen-bond acceptors (Lipinski definition) is 6. The summed E-state index contributed by atoms with van der Waals surface area (Å²) in [6.45, 7) is 0.216. The number of amides is 2. The van der Waals surface area contributed by atoms with Crippen LogP contribution in [0.3, 0.4) is 0 Å². The molecule has 2 unspecified atom stereocenters. The van der Waals surface area contributed by atoms with E-state index < -0.39 is 5.82 Å². The van der Waals surface area contributed by atoms with Gasteiger partial charge in [0.15, 0.2) is 11.5 Å². The summed E-state index contributed by atoms with van der Waals surface area (Å²) in [4.78, 5) is 29.8. The fourth-order valence-electron chi connectivity index (χ4n) is 3.96. The van der Waals surface area contributed by atoms with E-state index in [0.717, 1.165) is 25.7 Å². The molecule has 1 aliphatic carbocycles. The largest absolute Gasteiger partial charge is 0.493 e. The molecular formula is C25H26FN3O4S. The van der Waals surface area contributed by atoms with Crippen molar-refractivity contribution in [2.45, 2.75) is 44.4 Å². The number of thiazole rings is 1. The van der Waals surface area contributed by atoms with Crippen LogP contribution in [0.1, 0.15) is 51.5 Å².